The highest BCUT2D eigenvalue weighted by Gasteiger charge is 2.13. The van der Waals surface area contributed by atoms with Gasteiger partial charge in [-0.2, -0.15) is 4.98 Å². The summed E-state index contributed by atoms with van der Waals surface area (Å²) >= 11 is 0. The van der Waals surface area contributed by atoms with E-state index in [2.05, 4.69) is 15.5 Å². The van der Waals surface area contributed by atoms with Crippen LogP contribution in [0.25, 0.3) is 11.6 Å². The van der Waals surface area contributed by atoms with Crippen LogP contribution < -0.4 is 10.1 Å². The number of furan rings is 1. The van der Waals surface area contributed by atoms with E-state index in [1.807, 2.05) is 49.4 Å². The number of ether oxygens (including phenoxy) is 1. The van der Waals surface area contributed by atoms with Gasteiger partial charge in [0.25, 0.3) is 0 Å². The van der Waals surface area contributed by atoms with Gasteiger partial charge in [-0.05, 0) is 43.3 Å². The molecule has 0 saturated heterocycles. The van der Waals surface area contributed by atoms with Crippen LogP contribution in [0.2, 0.25) is 0 Å². The number of nitrogens with one attached hydrogen (secondary N) is 1. The number of amides is 1. The lowest BCUT2D eigenvalue weighted by atomic mass is 10.2. The zero-order valence-electron chi connectivity index (χ0n) is 15.8. The maximum absolute atomic E-state index is 12.4. The summed E-state index contributed by atoms with van der Waals surface area (Å²) in [5.74, 6) is 2.35. The topological polar surface area (TPSA) is 90.4 Å². The summed E-state index contributed by atoms with van der Waals surface area (Å²) in [6.45, 7) is 2.01. The van der Waals surface area contributed by atoms with E-state index in [0.717, 1.165) is 5.56 Å². The number of para-hydroxylation sites is 2. The first kappa shape index (κ1) is 18.5. The van der Waals surface area contributed by atoms with Crippen molar-refractivity contribution in [3.8, 4) is 23.1 Å². The number of nitrogens with zero attached hydrogens (tertiary/aromatic N) is 2. The molecule has 2 aromatic heterocycles. The standard InChI is InChI=1S/C22H19N3O4/c1-15-8-10-16(11-9-15)28-18-6-3-2-5-17(18)23-20(26)12-13-21-24-22(25-29-21)19-7-4-14-27-19/h2-11,14H,12-13H2,1H3,(H,23,26). The molecule has 0 aliphatic carbocycles. The summed E-state index contributed by atoms with van der Waals surface area (Å²) in [5.41, 5.74) is 1.75. The Hall–Kier alpha value is -3.87. The number of carbonyl (C=O) groups excluding carboxylic acids is 1. The minimum Gasteiger partial charge on any atom is -0.461 e. The molecule has 1 amide bonds. The third kappa shape index (κ3) is 4.70. The summed E-state index contributed by atoms with van der Waals surface area (Å²) in [4.78, 5) is 16.6. The second-order valence-electron chi connectivity index (χ2n) is 6.45. The molecular weight excluding hydrogens is 370 g/mol. The van der Waals surface area contributed by atoms with Gasteiger partial charge >= 0.3 is 0 Å². The van der Waals surface area contributed by atoms with Crippen LogP contribution in [-0.4, -0.2) is 16.0 Å². The summed E-state index contributed by atoms with van der Waals surface area (Å²) in [6, 6.07) is 18.5. The highest BCUT2D eigenvalue weighted by Crippen LogP contribution is 2.29. The molecule has 7 heteroatoms. The van der Waals surface area contributed by atoms with Crippen molar-refractivity contribution in [1.82, 2.24) is 10.1 Å². The van der Waals surface area contributed by atoms with E-state index in [9.17, 15) is 4.79 Å². The van der Waals surface area contributed by atoms with Gasteiger partial charge in [0.2, 0.25) is 17.6 Å². The monoisotopic (exact) mass is 389 g/mol. The molecular formula is C22H19N3O4. The predicted octanol–water partition coefficient (Wildman–Crippen LogP) is 5.00. The first-order valence-corrected chi connectivity index (χ1v) is 9.17. The van der Waals surface area contributed by atoms with Crippen molar-refractivity contribution >= 4 is 11.6 Å². The van der Waals surface area contributed by atoms with E-state index in [1.165, 1.54) is 6.26 Å². The molecule has 0 atom stereocenters. The number of hydrogen-bond acceptors (Lipinski definition) is 6. The molecule has 0 aliphatic rings. The zero-order valence-corrected chi connectivity index (χ0v) is 15.8. The Morgan fingerprint density at radius 3 is 2.69 bits per heavy atom. The minimum absolute atomic E-state index is 0.178. The van der Waals surface area contributed by atoms with Crippen molar-refractivity contribution < 1.29 is 18.5 Å². The lowest BCUT2D eigenvalue weighted by Gasteiger charge is -2.12. The van der Waals surface area contributed by atoms with E-state index >= 15 is 0 Å². The maximum Gasteiger partial charge on any atom is 0.238 e. The van der Waals surface area contributed by atoms with Crippen molar-refractivity contribution in [2.24, 2.45) is 0 Å². The number of anilines is 1. The third-order valence-corrected chi connectivity index (χ3v) is 4.19. The number of hydrogen-bond donors (Lipinski definition) is 1. The Morgan fingerprint density at radius 2 is 1.90 bits per heavy atom. The average Bonchev–Trinajstić information content (AvgIpc) is 3.41. The smallest absolute Gasteiger partial charge is 0.238 e. The van der Waals surface area contributed by atoms with Gasteiger partial charge in [-0.15, -0.1) is 0 Å². The molecule has 4 aromatic rings. The SMILES string of the molecule is Cc1ccc(Oc2ccccc2NC(=O)CCc2nc(-c3ccco3)no2)cc1. The molecule has 2 heterocycles. The normalized spacial score (nSPS) is 10.7. The van der Waals surface area contributed by atoms with Crippen LogP contribution in [0, 0.1) is 6.92 Å². The second kappa shape index (κ2) is 8.43. The molecule has 0 radical (unpaired) electrons. The van der Waals surface area contributed by atoms with Gasteiger partial charge in [0.05, 0.1) is 12.0 Å². The largest absolute Gasteiger partial charge is 0.461 e. The fourth-order valence-electron chi connectivity index (χ4n) is 2.69. The van der Waals surface area contributed by atoms with Gasteiger partial charge in [0.15, 0.2) is 11.5 Å². The van der Waals surface area contributed by atoms with Crippen LogP contribution >= 0.6 is 0 Å². The number of rotatable bonds is 7. The minimum atomic E-state index is -0.178. The Kier molecular flexibility index (Phi) is 5.38. The number of aromatic nitrogens is 2. The molecule has 146 valence electrons. The Balaban J connectivity index is 1.37. The molecule has 1 N–H and O–H groups in total. The third-order valence-electron chi connectivity index (χ3n) is 4.19. The van der Waals surface area contributed by atoms with Crippen molar-refractivity contribution in [2.45, 2.75) is 19.8 Å². The average molecular weight is 389 g/mol. The molecule has 0 unspecified atom stereocenters. The van der Waals surface area contributed by atoms with E-state index in [4.69, 9.17) is 13.7 Å². The molecule has 29 heavy (non-hydrogen) atoms. The van der Waals surface area contributed by atoms with Crippen molar-refractivity contribution in [3.05, 3.63) is 78.4 Å². The van der Waals surface area contributed by atoms with Crippen LogP contribution in [0.5, 0.6) is 11.5 Å². The van der Waals surface area contributed by atoms with E-state index in [1.54, 1.807) is 18.2 Å². The quantitative estimate of drug-likeness (QED) is 0.478. The summed E-state index contributed by atoms with van der Waals surface area (Å²) in [7, 11) is 0. The highest BCUT2D eigenvalue weighted by molar-refractivity contribution is 5.92. The number of benzene rings is 2. The first-order chi connectivity index (χ1) is 14.2. The van der Waals surface area contributed by atoms with E-state index in [0.29, 0.717) is 41.1 Å². The summed E-state index contributed by atoms with van der Waals surface area (Å²) in [6.07, 6.45) is 2.05. The van der Waals surface area contributed by atoms with Gasteiger partial charge in [-0.25, -0.2) is 0 Å². The highest BCUT2D eigenvalue weighted by atomic mass is 16.5. The molecule has 2 aromatic carbocycles. The van der Waals surface area contributed by atoms with Crippen LogP contribution in [0.1, 0.15) is 17.9 Å². The number of carbonyl (C=O) groups is 1. The molecule has 0 spiro atoms. The second-order valence-corrected chi connectivity index (χ2v) is 6.45. The van der Waals surface area contributed by atoms with E-state index in [-0.39, 0.29) is 12.3 Å². The molecule has 7 nitrogen and oxygen atoms in total. The van der Waals surface area contributed by atoms with Crippen molar-refractivity contribution in [2.75, 3.05) is 5.32 Å². The maximum atomic E-state index is 12.4. The van der Waals surface area contributed by atoms with Gasteiger partial charge in [-0.1, -0.05) is 35.0 Å². The fraction of sp³-hybridized carbons (Fsp3) is 0.136. The molecule has 0 fully saturated rings. The first-order valence-electron chi connectivity index (χ1n) is 9.17. The van der Waals surface area contributed by atoms with Crippen LogP contribution in [-0.2, 0) is 11.2 Å². The predicted molar refractivity (Wildman–Crippen MR) is 107 cm³/mol. The summed E-state index contributed by atoms with van der Waals surface area (Å²) < 4.78 is 16.3. The molecule has 0 bridgehead atoms. The lowest BCUT2D eigenvalue weighted by Crippen LogP contribution is -2.13. The Bertz CT molecular complexity index is 1090. The van der Waals surface area contributed by atoms with Gasteiger partial charge in [-0.3, -0.25) is 4.79 Å². The van der Waals surface area contributed by atoms with Crippen LogP contribution in [0.4, 0.5) is 5.69 Å². The van der Waals surface area contributed by atoms with Crippen molar-refractivity contribution in [1.29, 1.82) is 0 Å². The Morgan fingerprint density at radius 1 is 1.07 bits per heavy atom. The van der Waals surface area contributed by atoms with Gasteiger partial charge in [0.1, 0.15) is 5.75 Å². The van der Waals surface area contributed by atoms with Crippen LogP contribution in [0.3, 0.4) is 0 Å². The molecule has 4 rings (SSSR count). The van der Waals surface area contributed by atoms with E-state index < -0.39 is 0 Å². The molecule has 0 aliphatic heterocycles. The Labute approximate surface area is 167 Å². The summed E-state index contributed by atoms with van der Waals surface area (Å²) in [5, 5.41) is 6.73. The molecule has 0 saturated carbocycles. The van der Waals surface area contributed by atoms with Crippen LogP contribution in [0.15, 0.2) is 75.9 Å². The van der Waals surface area contributed by atoms with Gasteiger partial charge < -0.3 is 19.0 Å². The van der Waals surface area contributed by atoms with Gasteiger partial charge in [0, 0.05) is 12.8 Å². The number of aryl methyl sites for hydroxylation is 2. The fourth-order valence-corrected chi connectivity index (χ4v) is 2.69. The van der Waals surface area contributed by atoms with Crippen molar-refractivity contribution in [3.63, 3.8) is 0 Å². The lowest BCUT2D eigenvalue weighted by molar-refractivity contribution is -0.116. The zero-order chi connectivity index (χ0) is 20.1.